The first-order chi connectivity index (χ1) is 10.2. The second-order valence-corrected chi connectivity index (χ2v) is 5.15. The number of aryl methyl sites for hydroxylation is 1. The van der Waals surface area contributed by atoms with Crippen LogP contribution in [0.1, 0.15) is 23.0 Å². The fraction of sp³-hybridized carbons (Fsp3) is 0.167. The van der Waals surface area contributed by atoms with Crippen molar-refractivity contribution in [2.45, 2.75) is 13.3 Å². The molecule has 21 heavy (non-hydrogen) atoms. The van der Waals surface area contributed by atoms with Gasteiger partial charge in [-0.2, -0.15) is 0 Å². The molecule has 0 saturated carbocycles. The predicted molar refractivity (Wildman–Crippen MR) is 86.9 cm³/mol. The number of nitrogens with zero attached hydrogens (tertiary/aromatic N) is 1. The lowest BCUT2D eigenvalue weighted by Crippen LogP contribution is -2.26. The molecule has 2 aromatic carbocycles. The van der Waals surface area contributed by atoms with E-state index in [1.54, 1.807) is 11.9 Å². The number of para-hydroxylation sites is 1. The predicted octanol–water partition coefficient (Wildman–Crippen LogP) is 4.01. The smallest absolute Gasteiger partial charge is 0.274 e. The third-order valence-electron chi connectivity index (χ3n) is 3.80. The molecule has 3 nitrogen and oxygen atoms in total. The molecule has 1 amide bonds. The van der Waals surface area contributed by atoms with E-state index in [9.17, 15) is 4.79 Å². The molecule has 1 aromatic heterocycles. The van der Waals surface area contributed by atoms with Crippen molar-refractivity contribution < 1.29 is 4.79 Å². The Hall–Kier alpha value is -2.55. The normalized spacial score (nSPS) is 10.8. The summed E-state index contributed by atoms with van der Waals surface area (Å²) in [5, 5.41) is 1.05. The van der Waals surface area contributed by atoms with Crippen LogP contribution in [0.2, 0.25) is 0 Å². The highest BCUT2D eigenvalue weighted by Gasteiger charge is 2.15. The third kappa shape index (κ3) is 2.55. The lowest BCUT2D eigenvalue weighted by Gasteiger charge is -2.16. The standard InChI is InChI=1S/C18H18N2O/c1-3-13-8-10-15(11-9-13)20(2)18(21)17-12-14-6-4-5-7-16(14)19-17/h4-12,19H,3H2,1-2H3. The number of rotatable bonds is 3. The summed E-state index contributed by atoms with van der Waals surface area (Å²) in [5.41, 5.74) is 3.76. The molecule has 0 aliphatic heterocycles. The zero-order valence-corrected chi connectivity index (χ0v) is 12.3. The van der Waals surface area contributed by atoms with Gasteiger partial charge in [-0.05, 0) is 36.2 Å². The van der Waals surface area contributed by atoms with Crippen LogP contribution in [-0.2, 0) is 6.42 Å². The number of amides is 1. The molecule has 3 aromatic rings. The lowest BCUT2D eigenvalue weighted by atomic mass is 10.1. The van der Waals surface area contributed by atoms with Crippen LogP contribution in [0.5, 0.6) is 0 Å². The Kier molecular flexibility index (Phi) is 3.48. The van der Waals surface area contributed by atoms with Crippen LogP contribution < -0.4 is 4.90 Å². The molecule has 3 heteroatoms. The number of hydrogen-bond acceptors (Lipinski definition) is 1. The van der Waals surface area contributed by atoms with Crippen molar-refractivity contribution >= 4 is 22.5 Å². The summed E-state index contributed by atoms with van der Waals surface area (Å²) in [7, 11) is 1.80. The number of nitrogens with one attached hydrogen (secondary N) is 1. The molecular formula is C18H18N2O. The SMILES string of the molecule is CCc1ccc(N(C)C(=O)c2cc3ccccc3[nH]2)cc1. The highest BCUT2D eigenvalue weighted by molar-refractivity contribution is 6.07. The van der Waals surface area contributed by atoms with E-state index in [-0.39, 0.29) is 5.91 Å². The van der Waals surface area contributed by atoms with Crippen molar-refractivity contribution in [1.29, 1.82) is 0 Å². The average Bonchev–Trinajstić information content (AvgIpc) is 2.97. The maximum absolute atomic E-state index is 12.6. The molecule has 0 atom stereocenters. The fourth-order valence-electron chi connectivity index (χ4n) is 2.44. The van der Waals surface area contributed by atoms with Gasteiger partial charge >= 0.3 is 0 Å². The van der Waals surface area contributed by atoms with Gasteiger partial charge in [0, 0.05) is 23.6 Å². The molecule has 0 saturated heterocycles. The van der Waals surface area contributed by atoms with E-state index in [0.29, 0.717) is 5.69 Å². The van der Waals surface area contributed by atoms with Crippen molar-refractivity contribution in [3.63, 3.8) is 0 Å². The van der Waals surface area contributed by atoms with Crippen molar-refractivity contribution in [2.24, 2.45) is 0 Å². The van der Waals surface area contributed by atoms with E-state index in [1.165, 1.54) is 5.56 Å². The zero-order valence-electron chi connectivity index (χ0n) is 12.3. The first kappa shape index (κ1) is 13.4. The maximum Gasteiger partial charge on any atom is 0.274 e. The number of hydrogen-bond donors (Lipinski definition) is 1. The highest BCUT2D eigenvalue weighted by Crippen LogP contribution is 2.19. The maximum atomic E-state index is 12.6. The second-order valence-electron chi connectivity index (χ2n) is 5.15. The van der Waals surface area contributed by atoms with E-state index < -0.39 is 0 Å². The molecule has 1 N–H and O–H groups in total. The van der Waals surface area contributed by atoms with Gasteiger partial charge in [0.2, 0.25) is 0 Å². The largest absolute Gasteiger partial charge is 0.351 e. The molecule has 0 aliphatic rings. The van der Waals surface area contributed by atoms with Gasteiger partial charge in [0.05, 0.1) is 0 Å². The average molecular weight is 278 g/mol. The van der Waals surface area contributed by atoms with E-state index in [4.69, 9.17) is 0 Å². The molecular weight excluding hydrogens is 260 g/mol. The van der Waals surface area contributed by atoms with Crippen LogP contribution in [-0.4, -0.2) is 17.9 Å². The molecule has 3 rings (SSSR count). The lowest BCUT2D eigenvalue weighted by molar-refractivity contribution is 0.0989. The number of aromatic nitrogens is 1. The Morgan fingerprint density at radius 2 is 1.81 bits per heavy atom. The van der Waals surface area contributed by atoms with E-state index in [0.717, 1.165) is 23.0 Å². The molecule has 0 fully saturated rings. The molecule has 0 spiro atoms. The molecule has 0 radical (unpaired) electrons. The highest BCUT2D eigenvalue weighted by atomic mass is 16.2. The molecule has 106 valence electrons. The summed E-state index contributed by atoms with van der Waals surface area (Å²) in [6.45, 7) is 2.12. The topological polar surface area (TPSA) is 36.1 Å². The van der Waals surface area contributed by atoms with Gasteiger partial charge in [0.15, 0.2) is 0 Å². The minimum atomic E-state index is -0.0320. The molecule has 0 aliphatic carbocycles. The summed E-state index contributed by atoms with van der Waals surface area (Å²) in [5.74, 6) is -0.0320. The van der Waals surface area contributed by atoms with Crippen molar-refractivity contribution in [3.05, 3.63) is 65.9 Å². The number of benzene rings is 2. The van der Waals surface area contributed by atoms with E-state index >= 15 is 0 Å². The quantitative estimate of drug-likeness (QED) is 0.772. The number of carbonyl (C=O) groups excluding carboxylic acids is 1. The van der Waals surface area contributed by atoms with E-state index in [1.807, 2.05) is 42.5 Å². The Morgan fingerprint density at radius 3 is 2.48 bits per heavy atom. The van der Waals surface area contributed by atoms with Crippen molar-refractivity contribution in [2.75, 3.05) is 11.9 Å². The van der Waals surface area contributed by atoms with Gasteiger partial charge in [-0.15, -0.1) is 0 Å². The van der Waals surface area contributed by atoms with Crippen LogP contribution in [0.25, 0.3) is 10.9 Å². The second kappa shape index (κ2) is 5.44. The van der Waals surface area contributed by atoms with Gasteiger partial charge in [0.25, 0.3) is 5.91 Å². The fourth-order valence-corrected chi connectivity index (χ4v) is 2.44. The van der Waals surface area contributed by atoms with Crippen molar-refractivity contribution in [1.82, 2.24) is 4.98 Å². The Labute approximate surface area is 124 Å². The summed E-state index contributed by atoms with van der Waals surface area (Å²) >= 11 is 0. The van der Waals surface area contributed by atoms with Gasteiger partial charge in [-0.3, -0.25) is 4.79 Å². The Bertz CT molecular complexity index is 738. The first-order valence-electron chi connectivity index (χ1n) is 7.14. The summed E-state index contributed by atoms with van der Waals surface area (Å²) in [6.07, 6.45) is 1.000. The summed E-state index contributed by atoms with van der Waals surface area (Å²) in [4.78, 5) is 17.4. The van der Waals surface area contributed by atoms with Crippen LogP contribution in [0.15, 0.2) is 54.6 Å². The molecule has 0 unspecified atom stereocenters. The number of anilines is 1. The minimum Gasteiger partial charge on any atom is -0.351 e. The van der Waals surface area contributed by atoms with Crippen molar-refractivity contribution in [3.8, 4) is 0 Å². The summed E-state index contributed by atoms with van der Waals surface area (Å²) in [6, 6.07) is 17.9. The molecule has 0 bridgehead atoms. The first-order valence-corrected chi connectivity index (χ1v) is 7.14. The van der Waals surface area contributed by atoms with Gasteiger partial charge in [0.1, 0.15) is 5.69 Å². The van der Waals surface area contributed by atoms with Gasteiger partial charge in [-0.25, -0.2) is 0 Å². The monoisotopic (exact) mass is 278 g/mol. The third-order valence-corrected chi connectivity index (χ3v) is 3.80. The Balaban J connectivity index is 1.89. The van der Waals surface area contributed by atoms with Crippen LogP contribution >= 0.6 is 0 Å². The van der Waals surface area contributed by atoms with Crippen LogP contribution in [0, 0.1) is 0 Å². The number of carbonyl (C=O) groups is 1. The van der Waals surface area contributed by atoms with Gasteiger partial charge < -0.3 is 9.88 Å². The number of aromatic amines is 1. The minimum absolute atomic E-state index is 0.0320. The number of H-pyrrole nitrogens is 1. The molecule has 1 heterocycles. The Morgan fingerprint density at radius 1 is 1.10 bits per heavy atom. The van der Waals surface area contributed by atoms with Crippen LogP contribution in [0.3, 0.4) is 0 Å². The number of fused-ring (bicyclic) bond motifs is 1. The van der Waals surface area contributed by atoms with Gasteiger partial charge in [-0.1, -0.05) is 37.3 Å². The zero-order chi connectivity index (χ0) is 14.8. The van der Waals surface area contributed by atoms with Crippen LogP contribution in [0.4, 0.5) is 5.69 Å². The van der Waals surface area contributed by atoms with E-state index in [2.05, 4.69) is 24.0 Å². The summed E-state index contributed by atoms with van der Waals surface area (Å²) < 4.78 is 0.